The molecule has 2 aromatic rings. The molecule has 1 N–H and O–H groups in total. The van der Waals surface area contributed by atoms with Crippen LogP contribution in [-0.4, -0.2) is 51.5 Å². The lowest BCUT2D eigenvalue weighted by atomic mass is 10.1. The summed E-state index contributed by atoms with van der Waals surface area (Å²) in [5.41, 5.74) is 1.57. The Balaban J connectivity index is 1.42. The molecule has 0 aromatic carbocycles. The van der Waals surface area contributed by atoms with Gasteiger partial charge in [0, 0.05) is 31.5 Å². The molecule has 0 saturated carbocycles. The van der Waals surface area contributed by atoms with Crippen LogP contribution >= 0.6 is 0 Å². The molecule has 0 aliphatic carbocycles. The molecule has 1 atom stereocenters. The van der Waals surface area contributed by atoms with E-state index in [1.54, 1.807) is 24.7 Å². The molecule has 0 radical (unpaired) electrons. The average molecular weight is 325 g/mol. The van der Waals surface area contributed by atoms with Gasteiger partial charge in [0.25, 0.3) is 5.91 Å². The van der Waals surface area contributed by atoms with E-state index < -0.39 is 0 Å². The molecule has 124 valence electrons. The quantitative estimate of drug-likeness (QED) is 0.922. The van der Waals surface area contributed by atoms with Gasteiger partial charge in [-0.05, 0) is 37.0 Å². The number of hydrogen-bond acceptors (Lipinski definition) is 6. The molecule has 7 nitrogen and oxygen atoms in total. The fourth-order valence-electron chi connectivity index (χ4n) is 3.15. The van der Waals surface area contributed by atoms with E-state index in [9.17, 15) is 4.79 Å². The number of fused-ring (bicyclic) bond motifs is 1. The van der Waals surface area contributed by atoms with Crippen molar-refractivity contribution in [2.45, 2.75) is 25.3 Å². The number of likely N-dealkylation sites (tertiary alicyclic amines) is 1. The molecule has 24 heavy (non-hydrogen) atoms. The number of anilines is 1. The van der Waals surface area contributed by atoms with E-state index in [0.29, 0.717) is 24.7 Å². The molecular weight excluding hydrogens is 306 g/mol. The number of rotatable bonds is 3. The second kappa shape index (κ2) is 6.43. The molecular formula is C17H19N5O2. The first-order valence-corrected chi connectivity index (χ1v) is 8.24. The Kier molecular flexibility index (Phi) is 3.98. The molecule has 7 heteroatoms. The summed E-state index contributed by atoms with van der Waals surface area (Å²) in [6, 6.07) is 3.82. The molecule has 4 rings (SSSR count). The highest BCUT2D eigenvalue weighted by Crippen LogP contribution is 2.25. The van der Waals surface area contributed by atoms with Crippen LogP contribution in [0.3, 0.4) is 0 Å². The number of ether oxygens (including phenoxy) is 1. The number of pyridine rings is 1. The number of carbonyl (C=O) groups excluding carboxylic acids is 1. The van der Waals surface area contributed by atoms with Crippen LogP contribution in [0.1, 0.15) is 28.9 Å². The molecule has 2 aliphatic rings. The van der Waals surface area contributed by atoms with Gasteiger partial charge in [0.15, 0.2) is 0 Å². The van der Waals surface area contributed by atoms with E-state index in [2.05, 4.69) is 20.3 Å². The van der Waals surface area contributed by atoms with Crippen LogP contribution in [0.4, 0.5) is 5.95 Å². The number of aromatic nitrogens is 3. The molecule has 1 unspecified atom stereocenters. The Morgan fingerprint density at radius 3 is 3.04 bits per heavy atom. The summed E-state index contributed by atoms with van der Waals surface area (Å²) >= 11 is 0. The van der Waals surface area contributed by atoms with Crippen molar-refractivity contribution < 1.29 is 9.53 Å². The summed E-state index contributed by atoms with van der Waals surface area (Å²) in [6.07, 6.45) is 7.87. The summed E-state index contributed by atoms with van der Waals surface area (Å²) < 4.78 is 5.56. The van der Waals surface area contributed by atoms with Gasteiger partial charge in [-0.15, -0.1) is 0 Å². The van der Waals surface area contributed by atoms with Crippen molar-refractivity contribution in [2.75, 3.05) is 25.0 Å². The predicted molar refractivity (Wildman–Crippen MR) is 88.0 cm³/mol. The van der Waals surface area contributed by atoms with Gasteiger partial charge < -0.3 is 15.0 Å². The second-order valence-electron chi connectivity index (χ2n) is 6.08. The Bertz CT molecular complexity index is 737. The monoisotopic (exact) mass is 325 g/mol. The predicted octanol–water partition coefficient (Wildman–Crippen LogP) is 1.52. The SMILES string of the molecule is O=C(c1cc2c(cn1)OCCC2)N1CCC(Nc2ncccn2)C1. The minimum atomic E-state index is -0.0262. The van der Waals surface area contributed by atoms with Crippen molar-refractivity contribution in [1.29, 1.82) is 0 Å². The Morgan fingerprint density at radius 1 is 1.29 bits per heavy atom. The first-order valence-electron chi connectivity index (χ1n) is 8.24. The van der Waals surface area contributed by atoms with Crippen LogP contribution in [0.5, 0.6) is 5.75 Å². The van der Waals surface area contributed by atoms with E-state index in [-0.39, 0.29) is 11.9 Å². The molecule has 0 spiro atoms. The lowest BCUT2D eigenvalue weighted by Gasteiger charge is -2.19. The normalized spacial score (nSPS) is 19.5. The molecule has 1 amide bonds. The fraction of sp³-hybridized carbons (Fsp3) is 0.412. The number of amides is 1. The van der Waals surface area contributed by atoms with Crippen molar-refractivity contribution in [3.05, 3.63) is 42.0 Å². The number of nitrogens with one attached hydrogen (secondary N) is 1. The van der Waals surface area contributed by atoms with Gasteiger partial charge in [-0.1, -0.05) is 0 Å². The van der Waals surface area contributed by atoms with Gasteiger partial charge in [0.1, 0.15) is 11.4 Å². The fourth-order valence-corrected chi connectivity index (χ4v) is 3.15. The van der Waals surface area contributed by atoms with Gasteiger partial charge >= 0.3 is 0 Å². The maximum absolute atomic E-state index is 12.7. The van der Waals surface area contributed by atoms with Crippen LogP contribution in [0.15, 0.2) is 30.7 Å². The summed E-state index contributed by atoms with van der Waals surface area (Å²) in [5.74, 6) is 1.38. The smallest absolute Gasteiger partial charge is 0.272 e. The Hall–Kier alpha value is -2.70. The highest BCUT2D eigenvalue weighted by molar-refractivity contribution is 5.92. The Morgan fingerprint density at radius 2 is 2.17 bits per heavy atom. The highest BCUT2D eigenvalue weighted by atomic mass is 16.5. The Labute approximate surface area is 140 Å². The zero-order valence-electron chi connectivity index (χ0n) is 13.3. The number of nitrogens with zero attached hydrogens (tertiary/aromatic N) is 4. The van der Waals surface area contributed by atoms with Crippen LogP contribution in [0.2, 0.25) is 0 Å². The van der Waals surface area contributed by atoms with E-state index in [1.165, 1.54) is 0 Å². The highest BCUT2D eigenvalue weighted by Gasteiger charge is 2.28. The number of hydrogen-bond donors (Lipinski definition) is 1. The minimum Gasteiger partial charge on any atom is -0.492 e. The van der Waals surface area contributed by atoms with Crippen molar-refractivity contribution in [3.8, 4) is 5.75 Å². The lowest BCUT2D eigenvalue weighted by Crippen LogP contribution is -2.32. The van der Waals surface area contributed by atoms with Gasteiger partial charge in [0.05, 0.1) is 12.8 Å². The van der Waals surface area contributed by atoms with Crippen molar-refractivity contribution >= 4 is 11.9 Å². The van der Waals surface area contributed by atoms with Gasteiger partial charge in [0.2, 0.25) is 5.95 Å². The summed E-state index contributed by atoms with van der Waals surface area (Å²) in [5, 5.41) is 3.27. The zero-order chi connectivity index (χ0) is 16.4. The molecule has 2 aliphatic heterocycles. The van der Waals surface area contributed by atoms with Crippen LogP contribution < -0.4 is 10.1 Å². The molecule has 1 fully saturated rings. The van der Waals surface area contributed by atoms with Crippen LogP contribution in [0.25, 0.3) is 0 Å². The van der Waals surface area contributed by atoms with Gasteiger partial charge in [-0.25, -0.2) is 15.0 Å². The number of carbonyl (C=O) groups is 1. The third kappa shape index (κ3) is 3.02. The standard InChI is InChI=1S/C17H19N5O2/c23-16(14-9-12-3-1-8-24-15(12)10-20-14)22-7-4-13(11-22)21-17-18-5-2-6-19-17/h2,5-6,9-10,13H,1,3-4,7-8,11H2,(H,18,19,21). The first kappa shape index (κ1) is 14.9. The first-order chi connectivity index (χ1) is 11.8. The minimum absolute atomic E-state index is 0.0262. The van der Waals surface area contributed by atoms with Crippen molar-refractivity contribution in [2.24, 2.45) is 0 Å². The summed E-state index contributed by atoms with van der Waals surface area (Å²) in [7, 11) is 0. The maximum Gasteiger partial charge on any atom is 0.272 e. The topological polar surface area (TPSA) is 80.2 Å². The molecule has 4 heterocycles. The van der Waals surface area contributed by atoms with E-state index in [4.69, 9.17) is 4.74 Å². The molecule has 1 saturated heterocycles. The average Bonchev–Trinajstić information content (AvgIpc) is 3.10. The molecule has 0 bridgehead atoms. The van der Waals surface area contributed by atoms with E-state index in [1.807, 2.05) is 11.0 Å². The zero-order valence-corrected chi connectivity index (χ0v) is 13.3. The molecule has 2 aromatic heterocycles. The van der Waals surface area contributed by atoms with Gasteiger partial charge in [-0.3, -0.25) is 4.79 Å². The summed E-state index contributed by atoms with van der Waals surface area (Å²) in [6.45, 7) is 2.06. The second-order valence-corrected chi connectivity index (χ2v) is 6.08. The van der Waals surface area contributed by atoms with Crippen molar-refractivity contribution in [3.63, 3.8) is 0 Å². The van der Waals surface area contributed by atoms with Gasteiger partial charge in [-0.2, -0.15) is 0 Å². The van der Waals surface area contributed by atoms with E-state index >= 15 is 0 Å². The summed E-state index contributed by atoms with van der Waals surface area (Å²) in [4.78, 5) is 27.1. The third-order valence-electron chi connectivity index (χ3n) is 4.39. The third-order valence-corrected chi connectivity index (χ3v) is 4.39. The number of aryl methyl sites for hydroxylation is 1. The maximum atomic E-state index is 12.7. The lowest BCUT2D eigenvalue weighted by molar-refractivity contribution is 0.0785. The largest absolute Gasteiger partial charge is 0.492 e. The van der Waals surface area contributed by atoms with E-state index in [0.717, 1.165) is 37.2 Å². The van der Waals surface area contributed by atoms with Crippen molar-refractivity contribution in [1.82, 2.24) is 19.9 Å². The van der Waals surface area contributed by atoms with Crippen LogP contribution in [0, 0.1) is 0 Å². The van der Waals surface area contributed by atoms with Crippen LogP contribution in [-0.2, 0) is 6.42 Å².